The van der Waals surface area contributed by atoms with E-state index in [2.05, 4.69) is 43.5 Å². The first-order valence-corrected chi connectivity index (χ1v) is 8.22. The van der Waals surface area contributed by atoms with Gasteiger partial charge in [0.25, 0.3) is 0 Å². The van der Waals surface area contributed by atoms with Gasteiger partial charge in [0, 0.05) is 25.0 Å². The van der Waals surface area contributed by atoms with Gasteiger partial charge < -0.3 is 5.32 Å². The second-order valence-electron chi connectivity index (χ2n) is 5.46. The van der Waals surface area contributed by atoms with Crippen LogP contribution in [-0.4, -0.2) is 33.4 Å². The molecule has 0 bridgehead atoms. The van der Waals surface area contributed by atoms with Gasteiger partial charge in [0.2, 0.25) is 0 Å². The second-order valence-corrected chi connectivity index (χ2v) is 6.52. The fourth-order valence-electron chi connectivity index (χ4n) is 2.93. The Kier molecular flexibility index (Phi) is 4.17. The standard InChI is InChI=1S/C15H21N5S/c1-10-17-13(7-15(16-3)18-10)14-5-4-6-20(14)8-12-9-21-11(2)19-12/h7,9,14H,4-6,8H2,1-3H3,(H,16,17,18)/t14-/m1/s1. The van der Waals surface area contributed by atoms with Crippen molar-refractivity contribution in [3.63, 3.8) is 0 Å². The average molecular weight is 303 g/mol. The summed E-state index contributed by atoms with van der Waals surface area (Å²) in [4.78, 5) is 16.1. The minimum absolute atomic E-state index is 0.376. The predicted molar refractivity (Wildman–Crippen MR) is 85.6 cm³/mol. The van der Waals surface area contributed by atoms with Crippen molar-refractivity contribution in [3.05, 3.63) is 33.7 Å². The highest BCUT2D eigenvalue weighted by atomic mass is 32.1. The summed E-state index contributed by atoms with van der Waals surface area (Å²) in [5.41, 5.74) is 2.29. The summed E-state index contributed by atoms with van der Waals surface area (Å²) in [6.07, 6.45) is 2.37. The zero-order valence-corrected chi connectivity index (χ0v) is 13.6. The molecule has 3 rings (SSSR count). The van der Waals surface area contributed by atoms with Gasteiger partial charge in [-0.15, -0.1) is 11.3 Å². The third-order valence-electron chi connectivity index (χ3n) is 3.85. The van der Waals surface area contributed by atoms with Gasteiger partial charge in [-0.25, -0.2) is 15.0 Å². The second kappa shape index (κ2) is 6.07. The molecule has 0 unspecified atom stereocenters. The molecule has 21 heavy (non-hydrogen) atoms. The van der Waals surface area contributed by atoms with Crippen molar-refractivity contribution in [2.75, 3.05) is 18.9 Å². The van der Waals surface area contributed by atoms with Crippen LogP contribution in [0.25, 0.3) is 0 Å². The summed E-state index contributed by atoms with van der Waals surface area (Å²) >= 11 is 1.72. The molecule has 112 valence electrons. The Hall–Kier alpha value is -1.53. The Labute approximate surface area is 129 Å². The minimum atomic E-state index is 0.376. The van der Waals surface area contributed by atoms with E-state index >= 15 is 0 Å². The number of aryl methyl sites for hydroxylation is 2. The van der Waals surface area contributed by atoms with E-state index in [1.807, 2.05) is 14.0 Å². The normalized spacial score (nSPS) is 19.1. The molecule has 1 fully saturated rings. The summed E-state index contributed by atoms with van der Waals surface area (Å²) in [5.74, 6) is 1.72. The van der Waals surface area contributed by atoms with Gasteiger partial charge in [0.15, 0.2) is 0 Å². The smallest absolute Gasteiger partial charge is 0.129 e. The Bertz CT molecular complexity index is 624. The molecule has 0 aliphatic carbocycles. The van der Waals surface area contributed by atoms with Crippen LogP contribution >= 0.6 is 11.3 Å². The number of nitrogens with one attached hydrogen (secondary N) is 1. The van der Waals surface area contributed by atoms with E-state index in [0.717, 1.165) is 41.9 Å². The lowest BCUT2D eigenvalue weighted by Gasteiger charge is -2.23. The van der Waals surface area contributed by atoms with Gasteiger partial charge in [0.1, 0.15) is 11.6 Å². The molecular formula is C15H21N5S. The molecule has 0 saturated carbocycles. The fourth-order valence-corrected chi connectivity index (χ4v) is 3.53. The Morgan fingerprint density at radius 1 is 1.33 bits per heavy atom. The van der Waals surface area contributed by atoms with Crippen LogP contribution in [-0.2, 0) is 6.54 Å². The van der Waals surface area contributed by atoms with Crippen LogP contribution in [0.4, 0.5) is 5.82 Å². The summed E-state index contributed by atoms with van der Waals surface area (Å²) in [6, 6.07) is 2.45. The Morgan fingerprint density at radius 2 is 2.19 bits per heavy atom. The first kappa shape index (κ1) is 14.4. The third-order valence-corrected chi connectivity index (χ3v) is 4.67. The van der Waals surface area contributed by atoms with Crippen molar-refractivity contribution in [2.45, 2.75) is 39.3 Å². The van der Waals surface area contributed by atoms with E-state index < -0.39 is 0 Å². The molecule has 1 aliphatic rings. The zero-order valence-electron chi connectivity index (χ0n) is 12.8. The lowest BCUT2D eigenvalue weighted by molar-refractivity contribution is 0.241. The molecule has 0 spiro atoms. The first-order chi connectivity index (χ1) is 10.2. The molecular weight excluding hydrogens is 282 g/mol. The summed E-state index contributed by atoms with van der Waals surface area (Å²) in [6.45, 7) is 6.03. The van der Waals surface area contributed by atoms with Crippen LogP contribution in [0.2, 0.25) is 0 Å². The summed E-state index contributed by atoms with van der Waals surface area (Å²) in [5, 5.41) is 6.42. The number of aromatic nitrogens is 3. The van der Waals surface area contributed by atoms with E-state index in [-0.39, 0.29) is 0 Å². The number of nitrogens with zero attached hydrogens (tertiary/aromatic N) is 4. The average Bonchev–Trinajstić information content (AvgIpc) is 3.08. The number of hydrogen-bond donors (Lipinski definition) is 1. The van der Waals surface area contributed by atoms with E-state index in [9.17, 15) is 0 Å². The van der Waals surface area contributed by atoms with Crippen molar-refractivity contribution in [1.82, 2.24) is 19.9 Å². The summed E-state index contributed by atoms with van der Waals surface area (Å²) in [7, 11) is 1.90. The molecule has 5 nitrogen and oxygen atoms in total. The predicted octanol–water partition coefficient (Wildman–Crippen LogP) is 2.93. The number of likely N-dealkylation sites (tertiary alicyclic amines) is 1. The largest absolute Gasteiger partial charge is 0.373 e. The maximum atomic E-state index is 4.65. The van der Waals surface area contributed by atoms with Crippen molar-refractivity contribution in [3.8, 4) is 0 Å². The van der Waals surface area contributed by atoms with Crippen LogP contribution in [0, 0.1) is 13.8 Å². The molecule has 2 aromatic rings. The SMILES string of the molecule is CNc1cc([C@H]2CCCN2Cc2csc(C)n2)nc(C)n1. The highest BCUT2D eigenvalue weighted by Crippen LogP contribution is 2.33. The van der Waals surface area contributed by atoms with Gasteiger partial charge in [-0.3, -0.25) is 4.90 Å². The van der Waals surface area contributed by atoms with Crippen molar-refractivity contribution >= 4 is 17.2 Å². The number of thiazole rings is 1. The number of rotatable bonds is 4. The number of hydrogen-bond acceptors (Lipinski definition) is 6. The van der Waals surface area contributed by atoms with Gasteiger partial charge in [-0.05, 0) is 33.2 Å². The van der Waals surface area contributed by atoms with Gasteiger partial charge in [-0.2, -0.15) is 0 Å². The molecule has 1 atom stereocenters. The zero-order chi connectivity index (χ0) is 14.8. The number of anilines is 1. The molecule has 0 aromatic carbocycles. The molecule has 2 aromatic heterocycles. The van der Waals surface area contributed by atoms with Crippen molar-refractivity contribution in [2.24, 2.45) is 0 Å². The lowest BCUT2D eigenvalue weighted by atomic mass is 10.1. The third kappa shape index (κ3) is 3.22. The first-order valence-electron chi connectivity index (χ1n) is 7.34. The molecule has 1 saturated heterocycles. The Balaban J connectivity index is 1.81. The maximum absolute atomic E-state index is 4.65. The topological polar surface area (TPSA) is 53.9 Å². The molecule has 1 aliphatic heterocycles. The van der Waals surface area contributed by atoms with E-state index in [0.29, 0.717) is 6.04 Å². The van der Waals surface area contributed by atoms with Crippen LogP contribution < -0.4 is 5.32 Å². The van der Waals surface area contributed by atoms with Gasteiger partial charge >= 0.3 is 0 Å². The highest BCUT2D eigenvalue weighted by molar-refractivity contribution is 7.09. The highest BCUT2D eigenvalue weighted by Gasteiger charge is 2.28. The van der Waals surface area contributed by atoms with Gasteiger partial charge in [-0.1, -0.05) is 0 Å². The summed E-state index contributed by atoms with van der Waals surface area (Å²) < 4.78 is 0. The molecule has 0 radical (unpaired) electrons. The van der Waals surface area contributed by atoms with Gasteiger partial charge in [0.05, 0.1) is 22.4 Å². The molecule has 1 N–H and O–H groups in total. The maximum Gasteiger partial charge on any atom is 0.129 e. The van der Waals surface area contributed by atoms with E-state index in [1.54, 1.807) is 11.3 Å². The van der Waals surface area contributed by atoms with Crippen LogP contribution in [0.1, 0.15) is 41.1 Å². The van der Waals surface area contributed by atoms with Crippen molar-refractivity contribution < 1.29 is 0 Å². The molecule has 3 heterocycles. The lowest BCUT2D eigenvalue weighted by Crippen LogP contribution is -2.24. The Morgan fingerprint density at radius 3 is 2.90 bits per heavy atom. The van der Waals surface area contributed by atoms with Crippen LogP contribution in [0.15, 0.2) is 11.4 Å². The van der Waals surface area contributed by atoms with E-state index in [1.165, 1.54) is 12.1 Å². The quantitative estimate of drug-likeness (QED) is 0.941. The minimum Gasteiger partial charge on any atom is -0.373 e. The monoisotopic (exact) mass is 303 g/mol. The molecule has 0 amide bonds. The fraction of sp³-hybridized carbons (Fsp3) is 0.533. The molecule has 6 heteroatoms. The van der Waals surface area contributed by atoms with Crippen molar-refractivity contribution in [1.29, 1.82) is 0 Å². The van der Waals surface area contributed by atoms with Crippen LogP contribution in [0.3, 0.4) is 0 Å². The van der Waals surface area contributed by atoms with Crippen LogP contribution in [0.5, 0.6) is 0 Å². The van der Waals surface area contributed by atoms with E-state index in [4.69, 9.17) is 0 Å².